The van der Waals surface area contributed by atoms with Gasteiger partial charge in [0.2, 0.25) is 0 Å². The lowest BCUT2D eigenvalue weighted by Gasteiger charge is -2.18. The molecule has 0 amide bonds. The van der Waals surface area contributed by atoms with E-state index in [-0.39, 0.29) is 58.2 Å². The Morgan fingerprint density at radius 2 is 1.10 bits per heavy atom. The van der Waals surface area contributed by atoms with Crippen molar-refractivity contribution in [2.45, 2.75) is 6.18 Å². The Bertz CT molecular complexity index is 1010. The van der Waals surface area contributed by atoms with Crippen LogP contribution in [0.25, 0.3) is 22.4 Å². The van der Waals surface area contributed by atoms with Crippen LogP contribution in [-0.4, -0.2) is 4.98 Å². The van der Waals surface area contributed by atoms with E-state index < -0.39 is 11.9 Å². The predicted molar refractivity (Wildman–Crippen MR) is 115 cm³/mol. The Morgan fingerprint density at radius 3 is 1.52 bits per heavy atom. The van der Waals surface area contributed by atoms with Crippen LogP contribution in [0, 0.1) is 0 Å². The van der Waals surface area contributed by atoms with Gasteiger partial charge in [0.05, 0.1) is 31.5 Å². The summed E-state index contributed by atoms with van der Waals surface area (Å²) in [6.45, 7) is 0. The topological polar surface area (TPSA) is 38.9 Å². The zero-order valence-electron chi connectivity index (χ0n) is 13.8. The van der Waals surface area contributed by atoms with E-state index >= 15 is 0 Å². The first-order chi connectivity index (χ1) is 13.4. The van der Waals surface area contributed by atoms with Crippen LogP contribution in [0.2, 0.25) is 30.1 Å². The van der Waals surface area contributed by atoms with Crippen LogP contribution in [0.3, 0.4) is 0 Å². The van der Waals surface area contributed by atoms with Gasteiger partial charge in [-0.05, 0) is 30.3 Å². The first-order valence-corrected chi connectivity index (χ1v) is 9.84. The lowest BCUT2D eigenvalue weighted by molar-refractivity contribution is -0.141. The number of alkyl halides is 3. The summed E-state index contributed by atoms with van der Waals surface area (Å²) in [5.41, 5.74) is 4.45. The molecule has 2 aromatic carbocycles. The Kier molecular flexibility index (Phi) is 6.40. The molecule has 3 aromatic rings. The highest BCUT2D eigenvalue weighted by atomic mass is 35.5. The number of anilines is 1. The molecule has 1 aromatic heterocycles. The Hall–Kier alpha value is -1.08. The molecule has 0 saturated heterocycles. The van der Waals surface area contributed by atoms with Gasteiger partial charge in [0, 0.05) is 26.7 Å². The smallest absolute Gasteiger partial charge is 0.396 e. The highest BCUT2D eigenvalue weighted by molar-refractivity contribution is 6.43. The van der Waals surface area contributed by atoms with E-state index in [1.807, 2.05) is 0 Å². The maximum Gasteiger partial charge on any atom is 0.433 e. The van der Waals surface area contributed by atoms with Crippen molar-refractivity contribution in [3.63, 3.8) is 0 Å². The Labute approximate surface area is 193 Å². The fourth-order valence-corrected chi connectivity index (χ4v) is 4.68. The molecule has 0 saturated carbocycles. The number of nitrogen functional groups attached to an aromatic ring is 1. The van der Waals surface area contributed by atoms with Crippen LogP contribution in [-0.2, 0) is 6.18 Å². The maximum atomic E-state index is 13.6. The minimum Gasteiger partial charge on any atom is -0.396 e. The van der Waals surface area contributed by atoms with Crippen molar-refractivity contribution in [1.82, 2.24) is 4.98 Å². The maximum absolute atomic E-state index is 13.6. The van der Waals surface area contributed by atoms with Gasteiger partial charge in [-0.3, -0.25) is 0 Å². The zero-order chi connectivity index (χ0) is 21.7. The molecule has 29 heavy (non-hydrogen) atoms. The summed E-state index contributed by atoms with van der Waals surface area (Å²) < 4.78 is 40.7. The highest BCUT2D eigenvalue weighted by Gasteiger charge is 2.35. The fraction of sp³-hybridized carbons (Fsp3) is 0.0556. The van der Waals surface area contributed by atoms with Crippen LogP contribution < -0.4 is 5.73 Å². The van der Waals surface area contributed by atoms with E-state index in [4.69, 9.17) is 75.3 Å². The van der Waals surface area contributed by atoms with Gasteiger partial charge >= 0.3 is 6.18 Å². The van der Waals surface area contributed by atoms with Gasteiger partial charge in [-0.2, -0.15) is 13.2 Å². The molecule has 0 fully saturated rings. The number of pyridine rings is 1. The van der Waals surface area contributed by atoms with Crippen molar-refractivity contribution < 1.29 is 13.2 Å². The third-order valence-corrected chi connectivity index (χ3v) is 5.50. The van der Waals surface area contributed by atoms with E-state index in [0.717, 1.165) is 6.07 Å². The molecule has 2 nitrogen and oxygen atoms in total. The predicted octanol–water partition coefficient (Wildman–Crippen LogP) is 8.94. The number of rotatable bonds is 2. The molecule has 0 aliphatic rings. The lowest BCUT2D eigenvalue weighted by atomic mass is 9.99. The quantitative estimate of drug-likeness (QED) is 0.366. The number of nitrogens with zero attached hydrogens (tertiary/aromatic N) is 1. The number of halogens is 9. The number of benzene rings is 2. The molecular formula is C18H7Cl6F3N2. The van der Waals surface area contributed by atoms with E-state index in [1.54, 1.807) is 0 Å². The monoisotopic (exact) mass is 518 g/mol. The molecule has 1 heterocycles. The Balaban J connectivity index is 2.44. The van der Waals surface area contributed by atoms with Gasteiger partial charge in [-0.1, -0.05) is 69.6 Å². The van der Waals surface area contributed by atoms with Crippen LogP contribution in [0.1, 0.15) is 5.69 Å². The van der Waals surface area contributed by atoms with Gasteiger partial charge < -0.3 is 5.73 Å². The van der Waals surface area contributed by atoms with E-state index in [2.05, 4.69) is 4.98 Å². The number of nitrogens with two attached hydrogens (primary N) is 1. The molecule has 11 heteroatoms. The summed E-state index contributed by atoms with van der Waals surface area (Å²) in [4.78, 5) is 3.65. The third-order valence-electron chi connectivity index (χ3n) is 3.87. The van der Waals surface area contributed by atoms with Gasteiger partial charge in [0.1, 0.15) is 5.69 Å². The summed E-state index contributed by atoms with van der Waals surface area (Å²) in [5, 5.41) is 0.357. The summed E-state index contributed by atoms with van der Waals surface area (Å²) in [5.74, 6) is 0. The van der Waals surface area contributed by atoms with Gasteiger partial charge in [0.25, 0.3) is 0 Å². The molecule has 0 aliphatic carbocycles. The summed E-state index contributed by atoms with van der Waals surface area (Å²) >= 11 is 36.5. The molecule has 3 rings (SSSR count). The summed E-state index contributed by atoms with van der Waals surface area (Å²) in [6, 6.07) is 6.04. The summed E-state index contributed by atoms with van der Waals surface area (Å²) in [6.07, 6.45) is -4.80. The van der Waals surface area contributed by atoms with E-state index in [1.165, 1.54) is 24.3 Å². The van der Waals surface area contributed by atoms with Crippen LogP contribution in [0.5, 0.6) is 0 Å². The number of aromatic nitrogens is 1. The van der Waals surface area contributed by atoms with Crippen LogP contribution in [0.15, 0.2) is 30.3 Å². The standard InChI is InChI=1S/C18H7Cl6F3N2/c19-6-1-9(21)14(10(22)2-6)8-5-13(18(25,26)27)29-17(16(8)28)15-11(23)3-7(20)4-12(15)24/h1-5H,28H2. The van der Waals surface area contributed by atoms with E-state index in [9.17, 15) is 13.2 Å². The second-order valence-electron chi connectivity index (χ2n) is 5.80. The van der Waals surface area contributed by atoms with Gasteiger partial charge in [-0.25, -0.2) is 4.98 Å². The molecule has 0 bridgehead atoms. The number of hydrogen-bond acceptors (Lipinski definition) is 2. The molecule has 0 atom stereocenters. The van der Waals surface area contributed by atoms with E-state index in [0.29, 0.717) is 0 Å². The summed E-state index contributed by atoms with van der Waals surface area (Å²) in [7, 11) is 0. The van der Waals surface area contributed by atoms with Crippen molar-refractivity contribution >= 4 is 75.3 Å². The van der Waals surface area contributed by atoms with Crippen LogP contribution in [0.4, 0.5) is 18.9 Å². The second-order valence-corrected chi connectivity index (χ2v) is 8.31. The fourth-order valence-electron chi connectivity index (χ4n) is 2.67. The average Bonchev–Trinajstić information content (AvgIpc) is 2.54. The Morgan fingerprint density at radius 1 is 0.690 bits per heavy atom. The van der Waals surface area contributed by atoms with Crippen molar-refractivity contribution in [3.05, 3.63) is 66.2 Å². The van der Waals surface area contributed by atoms with Crippen molar-refractivity contribution in [2.75, 3.05) is 5.73 Å². The molecular weight excluding hydrogens is 514 g/mol. The number of hydrogen-bond donors (Lipinski definition) is 1. The molecule has 0 spiro atoms. The first-order valence-electron chi connectivity index (χ1n) is 7.57. The molecule has 2 N–H and O–H groups in total. The molecule has 0 aliphatic heterocycles. The second kappa shape index (κ2) is 8.22. The minimum atomic E-state index is -4.80. The average molecular weight is 521 g/mol. The normalized spacial score (nSPS) is 11.8. The van der Waals surface area contributed by atoms with Gasteiger partial charge in [0.15, 0.2) is 0 Å². The zero-order valence-corrected chi connectivity index (χ0v) is 18.3. The highest BCUT2D eigenvalue weighted by Crippen LogP contribution is 2.47. The molecule has 0 unspecified atom stereocenters. The van der Waals surface area contributed by atoms with Crippen molar-refractivity contribution in [2.24, 2.45) is 0 Å². The molecule has 152 valence electrons. The van der Waals surface area contributed by atoms with Gasteiger partial charge in [-0.15, -0.1) is 0 Å². The lowest BCUT2D eigenvalue weighted by Crippen LogP contribution is -2.11. The van der Waals surface area contributed by atoms with Crippen molar-refractivity contribution in [3.8, 4) is 22.4 Å². The molecule has 0 radical (unpaired) electrons. The SMILES string of the molecule is Nc1c(-c2c(Cl)cc(Cl)cc2Cl)cc(C(F)(F)F)nc1-c1c(Cl)cc(Cl)cc1Cl. The third kappa shape index (κ3) is 4.50. The largest absolute Gasteiger partial charge is 0.433 e. The van der Waals surface area contributed by atoms with Crippen LogP contribution >= 0.6 is 69.6 Å². The minimum absolute atomic E-state index is 0.00720. The first kappa shape index (κ1) is 22.6. The van der Waals surface area contributed by atoms with Crippen molar-refractivity contribution in [1.29, 1.82) is 0 Å².